The number of ether oxygens (including phenoxy) is 1. The van der Waals surface area contributed by atoms with Gasteiger partial charge in [0.1, 0.15) is 4.90 Å². The molecular weight excluding hydrogens is 347 g/mol. The summed E-state index contributed by atoms with van der Waals surface area (Å²) in [5, 5.41) is 0. The zero-order valence-electron chi connectivity index (χ0n) is 11.3. The van der Waals surface area contributed by atoms with E-state index in [2.05, 4.69) is 9.72 Å². The average Bonchev–Trinajstić information content (AvgIpc) is 2.83. The van der Waals surface area contributed by atoms with Gasteiger partial charge in [-0.3, -0.25) is 0 Å². The van der Waals surface area contributed by atoms with Crippen LogP contribution in [0.5, 0.6) is 5.88 Å². The van der Waals surface area contributed by atoms with Gasteiger partial charge < -0.3 is 10.5 Å². The lowest BCUT2D eigenvalue weighted by molar-refractivity contribution is -0.154. The maximum Gasteiger partial charge on any atom is 0.422 e. The summed E-state index contributed by atoms with van der Waals surface area (Å²) in [4.78, 5) is 3.48. The van der Waals surface area contributed by atoms with Crippen molar-refractivity contribution in [2.75, 3.05) is 19.7 Å². The summed E-state index contributed by atoms with van der Waals surface area (Å²) < 4.78 is 66.0. The molecule has 1 atom stereocenters. The summed E-state index contributed by atoms with van der Waals surface area (Å²) in [6.07, 6.45) is -2.93. The molecule has 22 heavy (non-hydrogen) atoms. The molecule has 1 aliphatic heterocycles. The Morgan fingerprint density at radius 3 is 2.55 bits per heavy atom. The standard InChI is InChI=1S/C11H14F3N3O3S.ClH/c12-11(13,14)7-20-10-2-1-9(5-16-10)21(18,19)17-4-3-8(15)6-17;/h1-2,5,8H,3-4,6-7,15H2;1H/t8-;/m1./s1. The fourth-order valence-corrected chi connectivity index (χ4v) is 3.34. The normalized spacial score (nSPS) is 19.7. The molecule has 0 bridgehead atoms. The fraction of sp³-hybridized carbons (Fsp3) is 0.545. The van der Waals surface area contributed by atoms with Crippen molar-refractivity contribution in [3.8, 4) is 5.88 Å². The van der Waals surface area contributed by atoms with Gasteiger partial charge in [0.15, 0.2) is 6.61 Å². The van der Waals surface area contributed by atoms with Gasteiger partial charge in [0.2, 0.25) is 15.9 Å². The van der Waals surface area contributed by atoms with Crippen LogP contribution in [0, 0.1) is 0 Å². The number of hydrogen-bond donors (Lipinski definition) is 1. The van der Waals surface area contributed by atoms with Crippen LogP contribution in [-0.2, 0) is 10.0 Å². The molecule has 0 spiro atoms. The Balaban J connectivity index is 0.00000242. The summed E-state index contributed by atoms with van der Waals surface area (Å²) in [7, 11) is -3.72. The molecular formula is C11H15ClF3N3O3S. The van der Waals surface area contributed by atoms with E-state index in [1.54, 1.807) is 0 Å². The molecule has 2 N–H and O–H groups in total. The van der Waals surface area contributed by atoms with Crippen molar-refractivity contribution in [2.45, 2.75) is 23.5 Å². The van der Waals surface area contributed by atoms with Crippen molar-refractivity contribution in [2.24, 2.45) is 5.73 Å². The molecule has 11 heteroatoms. The van der Waals surface area contributed by atoms with E-state index in [9.17, 15) is 21.6 Å². The molecule has 1 saturated heterocycles. The third-order valence-corrected chi connectivity index (χ3v) is 4.77. The van der Waals surface area contributed by atoms with Crippen molar-refractivity contribution in [1.29, 1.82) is 0 Å². The molecule has 0 aliphatic carbocycles. The first-order chi connectivity index (χ1) is 9.68. The van der Waals surface area contributed by atoms with E-state index in [0.717, 1.165) is 18.3 Å². The first kappa shape index (κ1) is 18.9. The molecule has 0 radical (unpaired) electrons. The lowest BCUT2D eigenvalue weighted by Crippen LogP contribution is -2.32. The molecule has 0 amide bonds. The Kier molecular flexibility index (Phi) is 6.02. The number of halogens is 4. The Hall–Kier alpha value is -1.10. The molecule has 1 aliphatic rings. The van der Waals surface area contributed by atoms with E-state index in [1.807, 2.05) is 0 Å². The van der Waals surface area contributed by atoms with E-state index in [1.165, 1.54) is 4.31 Å². The maximum atomic E-state index is 12.2. The first-order valence-corrected chi connectivity index (χ1v) is 7.54. The molecule has 1 aromatic heterocycles. The van der Waals surface area contributed by atoms with Crippen LogP contribution >= 0.6 is 12.4 Å². The van der Waals surface area contributed by atoms with E-state index in [-0.39, 0.29) is 35.8 Å². The van der Waals surface area contributed by atoms with Gasteiger partial charge in [0.25, 0.3) is 0 Å². The molecule has 0 aromatic carbocycles. The summed E-state index contributed by atoms with van der Waals surface area (Å²) in [6, 6.07) is 2.05. The quantitative estimate of drug-likeness (QED) is 0.870. The van der Waals surface area contributed by atoms with Gasteiger partial charge in [0.05, 0.1) is 6.20 Å². The predicted molar refractivity (Wildman–Crippen MR) is 74.4 cm³/mol. The van der Waals surface area contributed by atoms with Crippen molar-refractivity contribution in [3.63, 3.8) is 0 Å². The largest absolute Gasteiger partial charge is 0.468 e. The Labute approximate surface area is 131 Å². The van der Waals surface area contributed by atoms with Gasteiger partial charge >= 0.3 is 6.18 Å². The second-order valence-electron chi connectivity index (χ2n) is 4.65. The third-order valence-electron chi connectivity index (χ3n) is 2.92. The third kappa shape index (κ3) is 4.70. The van der Waals surface area contributed by atoms with Gasteiger partial charge in [-0.25, -0.2) is 13.4 Å². The number of nitrogens with zero attached hydrogens (tertiary/aromatic N) is 2. The highest BCUT2D eigenvalue weighted by molar-refractivity contribution is 7.89. The zero-order chi connectivity index (χ0) is 15.7. The topological polar surface area (TPSA) is 85.5 Å². The number of alkyl halides is 3. The Morgan fingerprint density at radius 1 is 1.41 bits per heavy atom. The highest BCUT2D eigenvalue weighted by Crippen LogP contribution is 2.22. The van der Waals surface area contributed by atoms with Crippen LogP contribution in [0.25, 0.3) is 0 Å². The first-order valence-electron chi connectivity index (χ1n) is 6.10. The number of sulfonamides is 1. The second kappa shape index (κ2) is 6.99. The van der Waals surface area contributed by atoms with E-state index < -0.39 is 22.8 Å². The van der Waals surface area contributed by atoms with Gasteiger partial charge in [-0.1, -0.05) is 0 Å². The predicted octanol–water partition coefficient (Wildman–Crippen LogP) is 1.17. The van der Waals surface area contributed by atoms with Gasteiger partial charge in [0, 0.05) is 25.2 Å². The smallest absolute Gasteiger partial charge is 0.422 e. The SMILES string of the molecule is Cl.N[C@@H]1CCN(S(=O)(=O)c2ccc(OCC(F)(F)F)nc2)C1. The number of aromatic nitrogens is 1. The number of rotatable bonds is 4. The molecule has 2 rings (SSSR count). The van der Waals surface area contributed by atoms with Crippen molar-refractivity contribution < 1.29 is 26.3 Å². The van der Waals surface area contributed by atoms with E-state index in [0.29, 0.717) is 13.0 Å². The Morgan fingerprint density at radius 2 is 2.09 bits per heavy atom. The minimum Gasteiger partial charge on any atom is -0.468 e. The summed E-state index contributed by atoms with van der Waals surface area (Å²) in [5.74, 6) is -0.288. The zero-order valence-corrected chi connectivity index (χ0v) is 12.9. The van der Waals surface area contributed by atoms with Crippen LogP contribution < -0.4 is 10.5 Å². The molecule has 6 nitrogen and oxygen atoms in total. The number of nitrogens with two attached hydrogens (primary N) is 1. The van der Waals surface area contributed by atoms with Crippen LogP contribution in [0.3, 0.4) is 0 Å². The minimum atomic E-state index is -4.47. The minimum absolute atomic E-state index is 0. The molecule has 0 unspecified atom stereocenters. The number of hydrogen-bond acceptors (Lipinski definition) is 5. The van der Waals surface area contributed by atoms with Gasteiger partial charge in [-0.05, 0) is 12.5 Å². The van der Waals surface area contributed by atoms with Gasteiger partial charge in [-0.2, -0.15) is 17.5 Å². The van der Waals surface area contributed by atoms with Crippen LogP contribution in [0.2, 0.25) is 0 Å². The molecule has 2 heterocycles. The Bertz CT molecular complexity index is 595. The highest BCUT2D eigenvalue weighted by Gasteiger charge is 2.31. The fourth-order valence-electron chi connectivity index (χ4n) is 1.88. The van der Waals surface area contributed by atoms with Gasteiger partial charge in [-0.15, -0.1) is 12.4 Å². The van der Waals surface area contributed by atoms with Crippen LogP contribution in [-0.4, -0.2) is 49.6 Å². The number of pyridine rings is 1. The summed E-state index contributed by atoms with van der Waals surface area (Å²) in [5.41, 5.74) is 5.66. The van der Waals surface area contributed by atoms with Crippen molar-refractivity contribution in [3.05, 3.63) is 18.3 Å². The molecule has 0 saturated carbocycles. The highest BCUT2D eigenvalue weighted by atomic mass is 35.5. The van der Waals surface area contributed by atoms with E-state index in [4.69, 9.17) is 5.73 Å². The summed E-state index contributed by atoms with van der Waals surface area (Å²) in [6.45, 7) is -0.947. The lowest BCUT2D eigenvalue weighted by atomic mass is 10.3. The average molecular weight is 362 g/mol. The van der Waals surface area contributed by atoms with Crippen LogP contribution in [0.1, 0.15) is 6.42 Å². The van der Waals surface area contributed by atoms with Crippen molar-refractivity contribution >= 4 is 22.4 Å². The summed E-state index contributed by atoms with van der Waals surface area (Å²) >= 11 is 0. The molecule has 126 valence electrons. The van der Waals surface area contributed by atoms with Crippen molar-refractivity contribution in [1.82, 2.24) is 9.29 Å². The molecule has 1 fully saturated rings. The van der Waals surface area contributed by atoms with E-state index >= 15 is 0 Å². The lowest BCUT2D eigenvalue weighted by Gasteiger charge is -2.16. The molecule has 1 aromatic rings. The monoisotopic (exact) mass is 361 g/mol. The maximum absolute atomic E-state index is 12.2. The van der Waals surface area contributed by atoms with Crippen LogP contribution in [0.4, 0.5) is 13.2 Å². The van der Waals surface area contributed by atoms with Crippen LogP contribution in [0.15, 0.2) is 23.2 Å². The second-order valence-corrected chi connectivity index (χ2v) is 6.59.